The van der Waals surface area contributed by atoms with E-state index in [1.54, 1.807) is 13.8 Å². The van der Waals surface area contributed by atoms with Crippen LogP contribution in [0.5, 0.6) is 0 Å². The van der Waals surface area contributed by atoms with Crippen LogP contribution in [0, 0.1) is 5.92 Å². The number of hydrogen-bond donors (Lipinski definition) is 1. The minimum Gasteiger partial charge on any atom is -0.430 e. The van der Waals surface area contributed by atoms with Crippen molar-refractivity contribution in [1.29, 1.82) is 0 Å². The van der Waals surface area contributed by atoms with E-state index in [9.17, 15) is 9.90 Å². The summed E-state index contributed by atoms with van der Waals surface area (Å²) in [6, 6.07) is 0. The zero-order valence-electron chi connectivity index (χ0n) is 7.13. The number of rotatable bonds is 3. The van der Waals surface area contributed by atoms with E-state index in [4.69, 9.17) is 0 Å². The summed E-state index contributed by atoms with van der Waals surface area (Å²) in [6.45, 7) is 8.18. The molecule has 3 heteroatoms. The van der Waals surface area contributed by atoms with Crippen LogP contribution in [0.4, 0.5) is 0 Å². The van der Waals surface area contributed by atoms with Gasteiger partial charge in [-0.2, -0.15) is 0 Å². The molecule has 11 heavy (non-hydrogen) atoms. The fraction of sp³-hybridized carbons (Fsp3) is 0.625. The van der Waals surface area contributed by atoms with E-state index >= 15 is 0 Å². The Morgan fingerprint density at radius 1 is 1.73 bits per heavy atom. The number of carbonyl (C=O) groups is 1. The van der Waals surface area contributed by atoms with Gasteiger partial charge in [0.1, 0.15) is 0 Å². The zero-order valence-corrected chi connectivity index (χ0v) is 7.13. The molecule has 1 unspecified atom stereocenters. The molecule has 1 N–H and O–H groups in total. The minimum atomic E-state index is -1.40. The molecule has 0 amide bonds. The average Bonchev–Trinajstić information content (AvgIpc) is 1.86. The molecule has 0 bridgehead atoms. The summed E-state index contributed by atoms with van der Waals surface area (Å²) >= 11 is 0. The molecule has 0 aliphatic rings. The van der Waals surface area contributed by atoms with Crippen LogP contribution in [0.15, 0.2) is 12.7 Å². The number of hydrogen-bond acceptors (Lipinski definition) is 3. The van der Waals surface area contributed by atoms with Crippen molar-refractivity contribution in [1.82, 2.24) is 0 Å². The van der Waals surface area contributed by atoms with Crippen molar-refractivity contribution in [3.63, 3.8) is 0 Å². The van der Waals surface area contributed by atoms with Crippen LogP contribution >= 0.6 is 0 Å². The molecular formula is C8H14O3. The lowest BCUT2D eigenvalue weighted by Gasteiger charge is -2.26. The fourth-order valence-electron chi connectivity index (χ4n) is 0.363. The molecular weight excluding hydrogens is 144 g/mol. The van der Waals surface area contributed by atoms with Crippen molar-refractivity contribution in [2.75, 3.05) is 0 Å². The Labute approximate surface area is 66.7 Å². The maximum Gasteiger partial charge on any atom is 0.332 e. The molecule has 0 heterocycles. The third-order valence-corrected chi connectivity index (χ3v) is 1.55. The Kier molecular flexibility index (Phi) is 3.26. The maximum absolute atomic E-state index is 10.6. The highest BCUT2D eigenvalue weighted by Gasteiger charge is 2.28. The summed E-state index contributed by atoms with van der Waals surface area (Å²) in [7, 11) is 0. The number of ether oxygens (including phenoxy) is 1. The lowest BCUT2D eigenvalue weighted by molar-refractivity contribution is -0.213. The van der Waals surface area contributed by atoms with Crippen molar-refractivity contribution in [3.05, 3.63) is 12.7 Å². The van der Waals surface area contributed by atoms with Gasteiger partial charge in [-0.1, -0.05) is 20.4 Å². The summed E-state index contributed by atoms with van der Waals surface area (Å²) in [6.07, 6.45) is 1.02. The molecule has 0 aromatic rings. The van der Waals surface area contributed by atoms with Crippen molar-refractivity contribution in [2.45, 2.75) is 26.6 Å². The van der Waals surface area contributed by atoms with Gasteiger partial charge in [-0.05, 0) is 0 Å². The number of esters is 1. The van der Waals surface area contributed by atoms with E-state index in [1.165, 1.54) is 6.92 Å². The molecule has 0 spiro atoms. The minimum absolute atomic E-state index is 0.133. The number of aliphatic hydroxyl groups is 1. The Balaban J connectivity index is 4.11. The van der Waals surface area contributed by atoms with Gasteiger partial charge < -0.3 is 9.84 Å². The first-order valence-corrected chi connectivity index (χ1v) is 3.48. The first kappa shape index (κ1) is 10.2. The molecule has 0 aliphatic carbocycles. The molecule has 3 nitrogen and oxygen atoms in total. The first-order valence-electron chi connectivity index (χ1n) is 3.48. The van der Waals surface area contributed by atoms with Crippen LogP contribution in [0.1, 0.15) is 20.8 Å². The van der Waals surface area contributed by atoms with Crippen LogP contribution in [-0.2, 0) is 9.53 Å². The quantitative estimate of drug-likeness (QED) is 0.380. The van der Waals surface area contributed by atoms with Gasteiger partial charge in [-0.15, -0.1) is 0 Å². The molecule has 0 radical (unpaired) electrons. The predicted molar refractivity (Wildman–Crippen MR) is 41.8 cm³/mol. The van der Waals surface area contributed by atoms with E-state index < -0.39 is 11.8 Å². The summed E-state index contributed by atoms with van der Waals surface area (Å²) < 4.78 is 4.65. The Morgan fingerprint density at radius 3 is 2.45 bits per heavy atom. The van der Waals surface area contributed by atoms with Gasteiger partial charge in [0, 0.05) is 18.9 Å². The highest BCUT2D eigenvalue weighted by molar-refractivity contribution is 5.81. The Hall–Kier alpha value is -0.830. The largest absolute Gasteiger partial charge is 0.430 e. The first-order chi connectivity index (χ1) is 4.90. The summed E-state index contributed by atoms with van der Waals surface area (Å²) in [5.41, 5.74) is 0. The van der Waals surface area contributed by atoms with Gasteiger partial charge in [0.2, 0.25) is 5.79 Å². The molecule has 0 aromatic heterocycles. The highest BCUT2D eigenvalue weighted by atomic mass is 16.7. The van der Waals surface area contributed by atoms with Crippen molar-refractivity contribution >= 4 is 5.97 Å². The second-order valence-corrected chi connectivity index (χ2v) is 2.83. The summed E-state index contributed by atoms with van der Waals surface area (Å²) in [5.74, 6) is -2.14. The van der Waals surface area contributed by atoms with Crippen LogP contribution in [0.2, 0.25) is 0 Å². The normalized spacial score (nSPS) is 15.7. The SMILES string of the molecule is C=CC(=O)OC(C)(O)C(C)C. The van der Waals surface area contributed by atoms with Crippen molar-refractivity contribution in [3.8, 4) is 0 Å². The molecule has 64 valence electrons. The third kappa shape index (κ3) is 3.18. The maximum atomic E-state index is 10.6. The van der Waals surface area contributed by atoms with Gasteiger partial charge in [-0.3, -0.25) is 0 Å². The van der Waals surface area contributed by atoms with Crippen LogP contribution in [0.3, 0.4) is 0 Å². The molecule has 0 rings (SSSR count). The molecule has 0 saturated heterocycles. The topological polar surface area (TPSA) is 46.5 Å². The fourth-order valence-corrected chi connectivity index (χ4v) is 0.363. The second kappa shape index (κ2) is 3.53. The molecule has 0 saturated carbocycles. The van der Waals surface area contributed by atoms with Gasteiger partial charge in [-0.25, -0.2) is 4.79 Å². The summed E-state index contributed by atoms with van der Waals surface area (Å²) in [5, 5.41) is 9.40. The van der Waals surface area contributed by atoms with Gasteiger partial charge in [0.25, 0.3) is 0 Å². The Morgan fingerprint density at radius 2 is 2.18 bits per heavy atom. The van der Waals surface area contributed by atoms with Gasteiger partial charge >= 0.3 is 5.97 Å². The average molecular weight is 158 g/mol. The molecule has 0 aliphatic heterocycles. The van der Waals surface area contributed by atoms with E-state index in [1.807, 2.05) is 0 Å². The van der Waals surface area contributed by atoms with Crippen LogP contribution in [0.25, 0.3) is 0 Å². The van der Waals surface area contributed by atoms with Crippen LogP contribution in [-0.4, -0.2) is 16.9 Å². The lowest BCUT2D eigenvalue weighted by atomic mass is 10.1. The highest BCUT2D eigenvalue weighted by Crippen LogP contribution is 2.17. The van der Waals surface area contributed by atoms with Crippen molar-refractivity contribution < 1.29 is 14.6 Å². The zero-order chi connectivity index (χ0) is 9.07. The molecule has 0 aromatic carbocycles. The smallest absolute Gasteiger partial charge is 0.332 e. The van der Waals surface area contributed by atoms with E-state index in [0.717, 1.165) is 6.08 Å². The third-order valence-electron chi connectivity index (χ3n) is 1.55. The van der Waals surface area contributed by atoms with E-state index in [-0.39, 0.29) is 5.92 Å². The Bertz CT molecular complexity index is 159. The second-order valence-electron chi connectivity index (χ2n) is 2.83. The van der Waals surface area contributed by atoms with Gasteiger partial charge in [0.05, 0.1) is 0 Å². The van der Waals surface area contributed by atoms with Crippen molar-refractivity contribution in [2.24, 2.45) is 5.92 Å². The predicted octanol–water partition coefficient (Wildman–Crippen LogP) is 1.08. The van der Waals surface area contributed by atoms with Gasteiger partial charge in [0.15, 0.2) is 0 Å². The standard InChI is InChI=1S/C8H14O3/c1-5-7(9)11-8(4,10)6(2)3/h5-6,10H,1H2,2-4H3. The lowest BCUT2D eigenvalue weighted by Crippen LogP contribution is -2.36. The number of carbonyl (C=O) groups excluding carboxylic acids is 1. The van der Waals surface area contributed by atoms with E-state index in [2.05, 4.69) is 11.3 Å². The molecule has 0 fully saturated rings. The summed E-state index contributed by atoms with van der Waals surface area (Å²) in [4.78, 5) is 10.6. The monoisotopic (exact) mass is 158 g/mol. The van der Waals surface area contributed by atoms with E-state index in [0.29, 0.717) is 0 Å². The van der Waals surface area contributed by atoms with Crippen LogP contribution < -0.4 is 0 Å². The molecule has 1 atom stereocenters.